The average molecular weight is 282 g/mol. The van der Waals surface area contributed by atoms with Gasteiger partial charge >= 0.3 is 0 Å². The van der Waals surface area contributed by atoms with E-state index in [0.717, 1.165) is 22.8 Å². The maximum atomic E-state index is 4.53. The summed E-state index contributed by atoms with van der Waals surface area (Å²) in [6.07, 6.45) is 3.70. The molecule has 0 saturated heterocycles. The van der Waals surface area contributed by atoms with Crippen LogP contribution < -0.4 is 0 Å². The van der Waals surface area contributed by atoms with E-state index in [4.69, 9.17) is 0 Å². The van der Waals surface area contributed by atoms with Crippen LogP contribution in [0.15, 0.2) is 36.5 Å². The molecule has 0 fully saturated rings. The van der Waals surface area contributed by atoms with E-state index in [1.165, 1.54) is 5.56 Å². The van der Waals surface area contributed by atoms with Crippen LogP contribution in [0.25, 0.3) is 16.5 Å². The van der Waals surface area contributed by atoms with Crippen LogP contribution in [0.3, 0.4) is 0 Å². The van der Waals surface area contributed by atoms with Gasteiger partial charge in [-0.2, -0.15) is 10.1 Å². The van der Waals surface area contributed by atoms with E-state index in [-0.39, 0.29) is 0 Å². The molecule has 1 aromatic heterocycles. The highest BCUT2D eigenvalue weighted by molar-refractivity contribution is 7.16. The molecule has 2 aliphatic heterocycles. The molecule has 20 heavy (non-hydrogen) atoms. The molecule has 0 radical (unpaired) electrons. The molecular formula is C13H10N6S. The molecule has 0 spiro atoms. The van der Waals surface area contributed by atoms with Crippen molar-refractivity contribution in [3.05, 3.63) is 47.1 Å². The van der Waals surface area contributed by atoms with Gasteiger partial charge in [0.25, 0.3) is 0 Å². The average Bonchev–Trinajstić information content (AvgIpc) is 3.08. The van der Waals surface area contributed by atoms with Gasteiger partial charge in [0, 0.05) is 6.42 Å². The Morgan fingerprint density at radius 2 is 1.95 bits per heavy atom. The lowest BCUT2D eigenvalue weighted by Gasteiger charge is -1.97. The van der Waals surface area contributed by atoms with E-state index >= 15 is 0 Å². The predicted octanol–water partition coefficient (Wildman–Crippen LogP) is 1.87. The number of aromatic nitrogens is 6. The Morgan fingerprint density at radius 1 is 1.05 bits per heavy atom. The van der Waals surface area contributed by atoms with Crippen LogP contribution >= 0.6 is 11.3 Å². The van der Waals surface area contributed by atoms with Gasteiger partial charge in [-0.25, -0.2) is 4.52 Å². The van der Waals surface area contributed by atoms with E-state index in [9.17, 15) is 0 Å². The first-order valence-corrected chi connectivity index (χ1v) is 7.08. The Balaban J connectivity index is 1.63. The predicted molar refractivity (Wildman–Crippen MR) is 74.7 cm³/mol. The fourth-order valence-electron chi connectivity index (χ4n) is 2.07. The van der Waals surface area contributed by atoms with Crippen molar-refractivity contribution in [3.8, 4) is 11.5 Å². The Bertz CT molecular complexity index is 776. The highest BCUT2D eigenvalue weighted by Crippen LogP contribution is 2.19. The molecule has 6 nitrogen and oxygen atoms in total. The van der Waals surface area contributed by atoms with Gasteiger partial charge in [0.1, 0.15) is 5.01 Å². The number of fused-ring (bicyclic) bond motifs is 2. The van der Waals surface area contributed by atoms with Gasteiger partial charge in [0.15, 0.2) is 5.69 Å². The highest BCUT2D eigenvalue weighted by atomic mass is 32.1. The van der Waals surface area contributed by atoms with Gasteiger partial charge in [-0.1, -0.05) is 41.7 Å². The summed E-state index contributed by atoms with van der Waals surface area (Å²) in [5, 5.41) is 17.0. The first kappa shape index (κ1) is 11.4. The van der Waals surface area contributed by atoms with E-state index in [1.54, 1.807) is 15.9 Å². The Labute approximate surface area is 118 Å². The molecule has 2 aliphatic rings. The summed E-state index contributed by atoms with van der Waals surface area (Å²) in [7, 11) is 0. The summed E-state index contributed by atoms with van der Waals surface area (Å²) in [5.74, 6) is 0.572. The fourth-order valence-corrected chi connectivity index (χ4v) is 2.93. The summed E-state index contributed by atoms with van der Waals surface area (Å²) < 4.78 is 1.75. The van der Waals surface area contributed by atoms with Crippen molar-refractivity contribution >= 4 is 16.3 Å². The molecule has 0 atom stereocenters. The minimum atomic E-state index is 0.572. The molecule has 0 aliphatic carbocycles. The molecule has 1 aromatic carbocycles. The first-order chi connectivity index (χ1) is 9.88. The van der Waals surface area contributed by atoms with Crippen LogP contribution in [0.4, 0.5) is 0 Å². The summed E-state index contributed by atoms with van der Waals surface area (Å²) in [6, 6.07) is 10.4. The number of hydrogen-bond acceptors (Lipinski definition) is 6. The molecule has 2 aromatic rings. The van der Waals surface area contributed by atoms with Crippen molar-refractivity contribution in [2.75, 3.05) is 0 Å². The fraction of sp³-hybridized carbons (Fsp3) is 0.154. The Morgan fingerprint density at radius 3 is 2.85 bits per heavy atom. The van der Waals surface area contributed by atoms with Crippen molar-refractivity contribution in [2.24, 2.45) is 0 Å². The van der Waals surface area contributed by atoms with E-state index in [1.807, 2.05) is 12.3 Å². The molecule has 3 heterocycles. The molecule has 7 heteroatoms. The van der Waals surface area contributed by atoms with Crippen molar-refractivity contribution in [1.29, 1.82) is 0 Å². The van der Waals surface area contributed by atoms with Gasteiger partial charge < -0.3 is 0 Å². The van der Waals surface area contributed by atoms with Crippen molar-refractivity contribution in [2.45, 2.75) is 12.8 Å². The maximum absolute atomic E-state index is 4.53. The maximum Gasteiger partial charge on any atom is 0.214 e. The lowest BCUT2D eigenvalue weighted by atomic mass is 10.1. The molecule has 0 unspecified atom stereocenters. The van der Waals surface area contributed by atoms with Crippen molar-refractivity contribution < 1.29 is 0 Å². The normalized spacial score (nSPS) is 11.4. The summed E-state index contributed by atoms with van der Waals surface area (Å²) in [4.78, 5) is 5.22. The van der Waals surface area contributed by atoms with Crippen LogP contribution in [-0.4, -0.2) is 30.0 Å². The summed E-state index contributed by atoms with van der Waals surface area (Å²) in [5.41, 5.74) is 1.98. The third kappa shape index (κ3) is 2.01. The largest absolute Gasteiger partial charge is 0.214 e. The molecule has 98 valence electrons. The topological polar surface area (TPSA) is 68.9 Å². The number of rotatable bonds is 3. The zero-order valence-electron chi connectivity index (χ0n) is 10.5. The Hall–Kier alpha value is -2.41. The smallest absolute Gasteiger partial charge is 0.210 e. The van der Waals surface area contributed by atoms with Gasteiger partial charge in [0.2, 0.25) is 10.8 Å². The highest BCUT2D eigenvalue weighted by Gasteiger charge is 2.13. The minimum absolute atomic E-state index is 0.572. The second kappa shape index (κ2) is 4.61. The number of nitrogens with zero attached hydrogens (tertiary/aromatic N) is 6. The molecular weight excluding hydrogens is 272 g/mol. The van der Waals surface area contributed by atoms with E-state index in [0.29, 0.717) is 11.5 Å². The summed E-state index contributed by atoms with van der Waals surface area (Å²) in [6.45, 7) is 0. The van der Waals surface area contributed by atoms with Gasteiger partial charge in [0.05, 0.1) is 6.20 Å². The molecule has 0 amide bonds. The second-order valence-corrected chi connectivity index (χ2v) is 5.49. The SMILES string of the molecule is c1ccc(CCc2nn3cc4nnnc-4nc3s2)cc1. The minimum Gasteiger partial charge on any atom is -0.210 e. The standard InChI is InChI=1S/C13H10N6S/c1-2-4-9(5-3-1)6-7-11-17-19-8-10-12(16-18-15-10)14-13(19)20-11/h1-5,8H,6-7H2. The van der Waals surface area contributed by atoms with Crippen LogP contribution in [0.2, 0.25) is 0 Å². The molecule has 0 N–H and O–H groups in total. The molecule has 0 bridgehead atoms. The monoisotopic (exact) mass is 282 g/mol. The second-order valence-electron chi connectivity index (χ2n) is 4.45. The van der Waals surface area contributed by atoms with E-state index in [2.05, 4.69) is 49.8 Å². The van der Waals surface area contributed by atoms with Crippen molar-refractivity contribution in [1.82, 2.24) is 30.0 Å². The quantitative estimate of drug-likeness (QED) is 0.573. The zero-order chi connectivity index (χ0) is 13.4. The van der Waals surface area contributed by atoms with Crippen LogP contribution in [0.1, 0.15) is 10.6 Å². The zero-order valence-corrected chi connectivity index (χ0v) is 11.3. The Kier molecular flexibility index (Phi) is 2.63. The number of aryl methyl sites for hydroxylation is 2. The summed E-state index contributed by atoms with van der Waals surface area (Å²) >= 11 is 1.58. The third-order valence-electron chi connectivity index (χ3n) is 3.06. The van der Waals surface area contributed by atoms with Gasteiger partial charge in [-0.3, -0.25) is 0 Å². The first-order valence-electron chi connectivity index (χ1n) is 6.26. The van der Waals surface area contributed by atoms with Crippen molar-refractivity contribution in [3.63, 3.8) is 0 Å². The third-order valence-corrected chi connectivity index (χ3v) is 4.04. The van der Waals surface area contributed by atoms with Crippen LogP contribution in [0.5, 0.6) is 0 Å². The molecule has 4 rings (SSSR count). The lowest BCUT2D eigenvalue weighted by molar-refractivity contribution is 0.852. The lowest BCUT2D eigenvalue weighted by Crippen LogP contribution is -1.95. The van der Waals surface area contributed by atoms with Crippen LogP contribution in [-0.2, 0) is 12.8 Å². The number of benzene rings is 1. The van der Waals surface area contributed by atoms with E-state index < -0.39 is 0 Å². The van der Waals surface area contributed by atoms with Gasteiger partial charge in [-0.05, 0) is 17.2 Å². The molecule has 0 saturated carbocycles. The van der Waals surface area contributed by atoms with Gasteiger partial charge in [-0.15, -0.1) is 10.2 Å². The van der Waals surface area contributed by atoms with Crippen LogP contribution in [0, 0.1) is 0 Å². The number of hydrogen-bond donors (Lipinski definition) is 0.